The summed E-state index contributed by atoms with van der Waals surface area (Å²) in [5, 5.41) is 0. The summed E-state index contributed by atoms with van der Waals surface area (Å²) in [5.41, 5.74) is 1.50. The average Bonchev–Trinajstić information content (AvgIpc) is 2.73. The molecule has 0 aliphatic carbocycles. The van der Waals surface area contributed by atoms with Crippen LogP contribution >= 0.6 is 0 Å². The number of ether oxygens (including phenoxy) is 1. The van der Waals surface area contributed by atoms with E-state index in [1.165, 1.54) is 7.11 Å². The quantitative estimate of drug-likeness (QED) is 0.781. The number of benzene rings is 1. The largest absolute Gasteiger partial charge is 0.465 e. The molecule has 1 aromatic heterocycles. The van der Waals surface area contributed by atoms with E-state index in [0.29, 0.717) is 42.9 Å². The molecule has 0 saturated carbocycles. The van der Waals surface area contributed by atoms with Gasteiger partial charge in [0.25, 0.3) is 11.8 Å². The van der Waals surface area contributed by atoms with Crippen LogP contribution < -0.4 is 0 Å². The number of piperazine rings is 1. The fourth-order valence-corrected chi connectivity index (χ4v) is 2.84. The molecule has 0 radical (unpaired) electrons. The Bertz CT molecular complexity index is 797. The zero-order valence-electron chi connectivity index (χ0n) is 14.4. The van der Waals surface area contributed by atoms with E-state index in [9.17, 15) is 14.4 Å². The van der Waals surface area contributed by atoms with Crippen molar-refractivity contribution < 1.29 is 19.1 Å². The third-order valence-corrected chi connectivity index (χ3v) is 4.33. The van der Waals surface area contributed by atoms with Gasteiger partial charge in [0.05, 0.1) is 12.7 Å². The second-order valence-electron chi connectivity index (χ2n) is 5.89. The number of hydrogen-bond acceptors (Lipinski definition) is 5. The van der Waals surface area contributed by atoms with E-state index in [4.69, 9.17) is 0 Å². The Kier molecular flexibility index (Phi) is 5.26. The Balaban J connectivity index is 1.60. The predicted molar refractivity (Wildman–Crippen MR) is 93.8 cm³/mol. The van der Waals surface area contributed by atoms with Crippen LogP contribution in [0.25, 0.3) is 0 Å². The van der Waals surface area contributed by atoms with Gasteiger partial charge in [-0.2, -0.15) is 0 Å². The van der Waals surface area contributed by atoms with Crippen molar-refractivity contribution in [2.24, 2.45) is 0 Å². The smallest absolute Gasteiger partial charge is 0.337 e. The highest BCUT2D eigenvalue weighted by atomic mass is 16.5. The molecule has 2 heterocycles. The Hall–Kier alpha value is -3.22. The number of nitrogens with zero attached hydrogens (tertiary/aromatic N) is 3. The second-order valence-corrected chi connectivity index (χ2v) is 5.89. The van der Waals surface area contributed by atoms with Gasteiger partial charge in [0, 0.05) is 49.7 Å². The summed E-state index contributed by atoms with van der Waals surface area (Å²) in [6, 6.07) is 9.74. The molecular formula is C19H19N3O4. The molecule has 0 atom stereocenters. The van der Waals surface area contributed by atoms with Gasteiger partial charge in [0.15, 0.2) is 0 Å². The molecule has 1 aliphatic rings. The fraction of sp³-hybridized carbons (Fsp3) is 0.263. The van der Waals surface area contributed by atoms with E-state index in [2.05, 4.69) is 9.72 Å². The number of aromatic nitrogens is 1. The van der Waals surface area contributed by atoms with Gasteiger partial charge in [-0.05, 0) is 36.4 Å². The number of pyridine rings is 1. The highest BCUT2D eigenvalue weighted by Gasteiger charge is 2.25. The van der Waals surface area contributed by atoms with Crippen LogP contribution in [0.3, 0.4) is 0 Å². The van der Waals surface area contributed by atoms with Gasteiger partial charge in [-0.3, -0.25) is 14.6 Å². The number of carbonyl (C=O) groups is 3. The van der Waals surface area contributed by atoms with E-state index in [0.717, 1.165) is 0 Å². The Labute approximate surface area is 151 Å². The first-order chi connectivity index (χ1) is 12.6. The maximum Gasteiger partial charge on any atom is 0.337 e. The molecule has 26 heavy (non-hydrogen) atoms. The van der Waals surface area contributed by atoms with E-state index in [1.807, 2.05) is 0 Å². The van der Waals surface area contributed by atoms with Crippen LogP contribution in [0.15, 0.2) is 48.8 Å². The minimum Gasteiger partial charge on any atom is -0.465 e. The summed E-state index contributed by atoms with van der Waals surface area (Å²) in [6.07, 6.45) is 3.18. The van der Waals surface area contributed by atoms with Gasteiger partial charge < -0.3 is 14.5 Å². The lowest BCUT2D eigenvalue weighted by Gasteiger charge is -2.34. The molecule has 1 saturated heterocycles. The number of rotatable bonds is 3. The number of hydrogen-bond donors (Lipinski definition) is 0. The monoisotopic (exact) mass is 353 g/mol. The molecule has 1 aliphatic heterocycles. The van der Waals surface area contributed by atoms with Crippen molar-refractivity contribution in [2.75, 3.05) is 33.3 Å². The minimum atomic E-state index is -0.438. The molecule has 0 bridgehead atoms. The van der Waals surface area contributed by atoms with Crippen molar-refractivity contribution in [3.05, 3.63) is 65.5 Å². The molecule has 134 valence electrons. The molecule has 7 nitrogen and oxygen atoms in total. The first-order valence-electron chi connectivity index (χ1n) is 8.27. The number of esters is 1. The average molecular weight is 353 g/mol. The fourth-order valence-electron chi connectivity index (χ4n) is 2.84. The van der Waals surface area contributed by atoms with Crippen molar-refractivity contribution in [1.82, 2.24) is 14.8 Å². The van der Waals surface area contributed by atoms with Crippen LogP contribution in [0.4, 0.5) is 0 Å². The third-order valence-electron chi connectivity index (χ3n) is 4.33. The summed E-state index contributed by atoms with van der Waals surface area (Å²) in [6.45, 7) is 1.89. The molecule has 1 fully saturated rings. The van der Waals surface area contributed by atoms with Crippen molar-refractivity contribution in [2.45, 2.75) is 0 Å². The standard InChI is InChI=1S/C19H19N3O4/c1-26-19(25)16-4-2-14(3-5-16)17(23)21-10-12-22(13-11-21)18(24)15-6-8-20-9-7-15/h2-9H,10-13H2,1H3. The zero-order valence-corrected chi connectivity index (χ0v) is 14.4. The summed E-state index contributed by atoms with van der Waals surface area (Å²) in [7, 11) is 1.31. The topological polar surface area (TPSA) is 79.8 Å². The van der Waals surface area contributed by atoms with Crippen molar-refractivity contribution in [3.8, 4) is 0 Å². The van der Waals surface area contributed by atoms with Gasteiger partial charge in [-0.25, -0.2) is 4.79 Å². The van der Waals surface area contributed by atoms with Crippen molar-refractivity contribution >= 4 is 17.8 Å². The Morgan fingerprint density at radius 2 is 1.19 bits per heavy atom. The van der Waals surface area contributed by atoms with Gasteiger partial charge in [0.1, 0.15) is 0 Å². The predicted octanol–water partition coefficient (Wildman–Crippen LogP) is 1.47. The lowest BCUT2D eigenvalue weighted by molar-refractivity contribution is 0.0535. The zero-order chi connectivity index (χ0) is 18.5. The summed E-state index contributed by atoms with van der Waals surface area (Å²) < 4.78 is 4.65. The maximum absolute atomic E-state index is 12.6. The maximum atomic E-state index is 12.6. The van der Waals surface area contributed by atoms with Crippen LogP contribution in [0.2, 0.25) is 0 Å². The Morgan fingerprint density at radius 3 is 1.65 bits per heavy atom. The van der Waals surface area contributed by atoms with E-state index < -0.39 is 5.97 Å². The van der Waals surface area contributed by atoms with Crippen LogP contribution in [-0.2, 0) is 4.74 Å². The third kappa shape index (κ3) is 3.72. The van der Waals surface area contributed by atoms with Crippen molar-refractivity contribution in [1.29, 1.82) is 0 Å². The molecule has 0 spiro atoms. The molecule has 2 aromatic rings. The molecule has 0 unspecified atom stereocenters. The normalized spacial score (nSPS) is 14.0. The van der Waals surface area contributed by atoms with Gasteiger partial charge in [-0.15, -0.1) is 0 Å². The SMILES string of the molecule is COC(=O)c1ccc(C(=O)N2CCN(C(=O)c3ccncc3)CC2)cc1. The van der Waals surface area contributed by atoms with E-state index >= 15 is 0 Å². The number of methoxy groups -OCH3 is 1. The van der Waals surface area contributed by atoms with Gasteiger partial charge >= 0.3 is 5.97 Å². The molecular weight excluding hydrogens is 334 g/mol. The van der Waals surface area contributed by atoms with Crippen LogP contribution in [-0.4, -0.2) is 65.9 Å². The highest BCUT2D eigenvalue weighted by Crippen LogP contribution is 2.13. The summed E-state index contributed by atoms with van der Waals surface area (Å²) in [4.78, 5) is 43.8. The molecule has 3 rings (SSSR count). The molecule has 0 N–H and O–H groups in total. The lowest BCUT2D eigenvalue weighted by atomic mass is 10.1. The van der Waals surface area contributed by atoms with Gasteiger partial charge in [0.2, 0.25) is 0 Å². The van der Waals surface area contributed by atoms with E-state index in [-0.39, 0.29) is 11.8 Å². The lowest BCUT2D eigenvalue weighted by Crippen LogP contribution is -2.50. The molecule has 1 aromatic carbocycles. The molecule has 2 amide bonds. The van der Waals surface area contributed by atoms with E-state index in [1.54, 1.807) is 58.6 Å². The number of carbonyl (C=O) groups excluding carboxylic acids is 3. The Morgan fingerprint density at radius 1 is 0.769 bits per heavy atom. The first kappa shape index (κ1) is 17.6. The van der Waals surface area contributed by atoms with Crippen LogP contribution in [0.1, 0.15) is 31.1 Å². The minimum absolute atomic E-state index is 0.0538. The van der Waals surface area contributed by atoms with Crippen LogP contribution in [0.5, 0.6) is 0 Å². The summed E-state index contributed by atoms with van der Waals surface area (Å²) in [5.74, 6) is -0.605. The highest BCUT2D eigenvalue weighted by molar-refractivity contribution is 5.97. The van der Waals surface area contributed by atoms with Gasteiger partial charge in [-0.1, -0.05) is 0 Å². The molecule has 7 heteroatoms. The number of amides is 2. The second kappa shape index (κ2) is 7.77. The van der Waals surface area contributed by atoms with Crippen molar-refractivity contribution in [3.63, 3.8) is 0 Å². The van der Waals surface area contributed by atoms with Crippen LogP contribution in [0, 0.1) is 0 Å². The summed E-state index contributed by atoms with van der Waals surface area (Å²) >= 11 is 0. The first-order valence-corrected chi connectivity index (χ1v) is 8.27.